The molecule has 1 aliphatic heterocycles. The largest absolute Gasteiger partial charge is 0.480 e. The zero-order valence-corrected chi connectivity index (χ0v) is 16.8. The van der Waals surface area contributed by atoms with Crippen molar-refractivity contribution in [3.63, 3.8) is 0 Å². The molecule has 0 N–H and O–H groups in total. The van der Waals surface area contributed by atoms with Crippen LogP contribution in [0.2, 0.25) is 0 Å². The molecule has 2 aromatic carbocycles. The molecule has 30 heavy (non-hydrogen) atoms. The number of benzene rings is 2. The van der Waals surface area contributed by atoms with Crippen molar-refractivity contribution >= 4 is 5.91 Å². The van der Waals surface area contributed by atoms with Crippen LogP contribution in [-0.4, -0.2) is 41.5 Å². The number of rotatable bonds is 5. The summed E-state index contributed by atoms with van der Waals surface area (Å²) in [4.78, 5) is 23.2. The number of likely N-dealkylation sites (tertiary alicyclic amines) is 1. The average molecular weight is 407 g/mol. The fraction of sp³-hybridized carbons (Fsp3) is 0.261. The maximum Gasteiger partial charge on any atom is 0.319 e. The van der Waals surface area contributed by atoms with Gasteiger partial charge in [-0.25, -0.2) is 9.37 Å². The SMILES string of the molecule is COc1ncc(-c2ccc(C(=O)N3CCC[C@@H]3c3ccccc3F)cc2)c(OC)n1. The van der Waals surface area contributed by atoms with E-state index in [9.17, 15) is 9.18 Å². The summed E-state index contributed by atoms with van der Waals surface area (Å²) in [7, 11) is 3.02. The van der Waals surface area contributed by atoms with Gasteiger partial charge in [-0.1, -0.05) is 30.3 Å². The van der Waals surface area contributed by atoms with Crippen molar-refractivity contribution in [1.82, 2.24) is 14.9 Å². The van der Waals surface area contributed by atoms with Crippen molar-refractivity contribution in [3.05, 3.63) is 71.7 Å². The molecule has 0 unspecified atom stereocenters. The highest BCUT2D eigenvalue weighted by Crippen LogP contribution is 2.35. The summed E-state index contributed by atoms with van der Waals surface area (Å²) in [6.07, 6.45) is 3.23. The van der Waals surface area contributed by atoms with Crippen molar-refractivity contribution in [2.75, 3.05) is 20.8 Å². The van der Waals surface area contributed by atoms with E-state index in [2.05, 4.69) is 9.97 Å². The highest BCUT2D eigenvalue weighted by atomic mass is 19.1. The lowest BCUT2D eigenvalue weighted by molar-refractivity contribution is 0.0733. The summed E-state index contributed by atoms with van der Waals surface area (Å²) in [5.74, 6) is 0.00878. The van der Waals surface area contributed by atoms with Gasteiger partial charge in [0.1, 0.15) is 5.82 Å². The molecule has 1 fully saturated rings. The van der Waals surface area contributed by atoms with Crippen molar-refractivity contribution in [2.24, 2.45) is 0 Å². The Morgan fingerprint density at radius 3 is 2.57 bits per heavy atom. The molecule has 1 atom stereocenters. The van der Waals surface area contributed by atoms with Crippen LogP contribution in [0.1, 0.15) is 34.8 Å². The Morgan fingerprint density at radius 2 is 1.87 bits per heavy atom. The van der Waals surface area contributed by atoms with Gasteiger partial charge >= 0.3 is 6.01 Å². The molecule has 0 aliphatic carbocycles. The Hall–Kier alpha value is -3.48. The predicted octanol–water partition coefficient (Wildman–Crippen LogP) is 4.28. The summed E-state index contributed by atoms with van der Waals surface area (Å²) >= 11 is 0. The highest BCUT2D eigenvalue weighted by molar-refractivity contribution is 5.95. The van der Waals surface area contributed by atoms with Gasteiger partial charge in [-0.2, -0.15) is 4.98 Å². The second-order valence-electron chi connectivity index (χ2n) is 7.04. The highest BCUT2D eigenvalue weighted by Gasteiger charge is 2.32. The Kier molecular flexibility index (Phi) is 5.61. The fourth-order valence-electron chi connectivity index (χ4n) is 3.84. The molecule has 4 rings (SSSR count). The summed E-state index contributed by atoms with van der Waals surface area (Å²) in [5.41, 5.74) is 2.64. The summed E-state index contributed by atoms with van der Waals surface area (Å²) in [6.45, 7) is 0.611. The first kappa shape index (κ1) is 19.8. The van der Waals surface area contributed by atoms with Gasteiger partial charge in [-0.3, -0.25) is 4.79 Å². The van der Waals surface area contributed by atoms with E-state index in [-0.39, 0.29) is 23.8 Å². The van der Waals surface area contributed by atoms with Gasteiger partial charge in [0.2, 0.25) is 5.88 Å². The van der Waals surface area contributed by atoms with E-state index >= 15 is 0 Å². The number of ether oxygens (including phenoxy) is 2. The molecule has 1 aromatic heterocycles. The molecule has 1 aliphatic rings. The van der Waals surface area contributed by atoms with Crippen molar-refractivity contribution in [1.29, 1.82) is 0 Å². The number of methoxy groups -OCH3 is 2. The third kappa shape index (κ3) is 3.70. The topological polar surface area (TPSA) is 64.5 Å². The van der Waals surface area contributed by atoms with E-state index in [1.807, 2.05) is 12.1 Å². The standard InChI is InChI=1S/C23H22FN3O3/c1-29-21-18(14-25-23(26-21)30-2)15-9-11-16(12-10-15)22(28)27-13-5-8-20(27)17-6-3-4-7-19(17)24/h3-4,6-7,9-12,14,20H,5,8,13H2,1-2H3/t20-/m1/s1. The monoisotopic (exact) mass is 407 g/mol. The van der Waals surface area contributed by atoms with E-state index in [0.29, 0.717) is 29.1 Å². The van der Waals surface area contributed by atoms with Gasteiger partial charge in [-0.15, -0.1) is 0 Å². The lowest BCUT2D eigenvalue weighted by Crippen LogP contribution is -2.31. The first-order valence-electron chi connectivity index (χ1n) is 9.73. The number of carbonyl (C=O) groups excluding carboxylic acids is 1. The minimum absolute atomic E-state index is 0.106. The quantitative estimate of drug-likeness (QED) is 0.632. The first-order chi connectivity index (χ1) is 14.6. The van der Waals surface area contributed by atoms with Gasteiger partial charge in [-0.05, 0) is 36.6 Å². The van der Waals surface area contributed by atoms with Crippen LogP contribution in [0.25, 0.3) is 11.1 Å². The van der Waals surface area contributed by atoms with Crippen LogP contribution < -0.4 is 9.47 Å². The molecule has 2 heterocycles. The lowest BCUT2D eigenvalue weighted by atomic mass is 10.0. The van der Waals surface area contributed by atoms with Gasteiger partial charge in [0.15, 0.2) is 0 Å². The second-order valence-corrected chi connectivity index (χ2v) is 7.04. The van der Waals surface area contributed by atoms with Crippen molar-refractivity contribution in [3.8, 4) is 23.0 Å². The molecular formula is C23H22FN3O3. The number of hydrogen-bond acceptors (Lipinski definition) is 5. The van der Waals surface area contributed by atoms with E-state index < -0.39 is 0 Å². The average Bonchev–Trinajstić information content (AvgIpc) is 3.28. The zero-order valence-electron chi connectivity index (χ0n) is 16.8. The molecule has 6 nitrogen and oxygen atoms in total. The molecule has 7 heteroatoms. The normalized spacial score (nSPS) is 15.8. The maximum atomic E-state index is 14.3. The molecule has 0 bridgehead atoms. The van der Waals surface area contributed by atoms with Crippen LogP contribution in [0, 0.1) is 5.82 Å². The number of carbonyl (C=O) groups is 1. The molecule has 0 radical (unpaired) electrons. The molecule has 0 spiro atoms. The Morgan fingerprint density at radius 1 is 1.10 bits per heavy atom. The lowest BCUT2D eigenvalue weighted by Gasteiger charge is -2.25. The van der Waals surface area contributed by atoms with Crippen LogP contribution in [-0.2, 0) is 0 Å². The third-order valence-corrected chi connectivity index (χ3v) is 5.33. The number of hydrogen-bond donors (Lipinski definition) is 0. The second kappa shape index (κ2) is 8.49. The number of halogens is 1. The van der Waals surface area contributed by atoms with Crippen LogP contribution in [0.4, 0.5) is 4.39 Å². The van der Waals surface area contributed by atoms with Gasteiger partial charge in [0, 0.05) is 23.9 Å². The zero-order chi connectivity index (χ0) is 21.1. The van der Waals surface area contributed by atoms with Gasteiger partial charge < -0.3 is 14.4 Å². The van der Waals surface area contributed by atoms with E-state index in [1.165, 1.54) is 20.3 Å². The van der Waals surface area contributed by atoms with Crippen LogP contribution in [0.3, 0.4) is 0 Å². The summed E-state index contributed by atoms with van der Waals surface area (Å²) in [5, 5.41) is 0. The van der Waals surface area contributed by atoms with E-state index in [4.69, 9.17) is 9.47 Å². The molecule has 1 saturated heterocycles. The Labute approximate surface area is 174 Å². The number of amides is 1. The van der Waals surface area contributed by atoms with E-state index in [1.54, 1.807) is 41.4 Å². The van der Waals surface area contributed by atoms with Crippen LogP contribution in [0.15, 0.2) is 54.7 Å². The van der Waals surface area contributed by atoms with E-state index in [0.717, 1.165) is 18.4 Å². The maximum absolute atomic E-state index is 14.3. The third-order valence-electron chi connectivity index (χ3n) is 5.33. The van der Waals surface area contributed by atoms with Crippen LogP contribution in [0.5, 0.6) is 11.9 Å². The molecule has 1 amide bonds. The Bertz CT molecular complexity index is 1060. The fourth-order valence-corrected chi connectivity index (χ4v) is 3.84. The summed E-state index contributed by atoms with van der Waals surface area (Å²) in [6, 6.07) is 13.8. The molecule has 154 valence electrons. The molecular weight excluding hydrogens is 385 g/mol. The van der Waals surface area contributed by atoms with Gasteiger partial charge in [0.25, 0.3) is 5.91 Å². The van der Waals surface area contributed by atoms with Crippen molar-refractivity contribution in [2.45, 2.75) is 18.9 Å². The first-order valence-corrected chi connectivity index (χ1v) is 9.73. The Balaban J connectivity index is 1.58. The minimum atomic E-state index is -0.274. The number of nitrogens with zero attached hydrogens (tertiary/aromatic N) is 3. The predicted molar refractivity (Wildman–Crippen MR) is 110 cm³/mol. The van der Waals surface area contributed by atoms with Crippen molar-refractivity contribution < 1.29 is 18.7 Å². The molecule has 3 aromatic rings. The summed E-state index contributed by atoms with van der Waals surface area (Å²) < 4.78 is 24.6. The molecule has 0 saturated carbocycles. The van der Waals surface area contributed by atoms with Gasteiger partial charge in [0.05, 0.1) is 25.8 Å². The smallest absolute Gasteiger partial charge is 0.319 e. The number of aromatic nitrogens is 2. The minimum Gasteiger partial charge on any atom is -0.480 e. The van der Waals surface area contributed by atoms with Crippen LogP contribution >= 0.6 is 0 Å².